The first kappa shape index (κ1) is 15.7. The Hall–Kier alpha value is -0.380. The van der Waals surface area contributed by atoms with E-state index in [-0.39, 0.29) is 13.1 Å². The third-order valence-electron chi connectivity index (χ3n) is 3.07. The number of likely N-dealkylation sites (tertiary alicyclic amines) is 1. The maximum absolute atomic E-state index is 12.0. The van der Waals surface area contributed by atoms with Crippen molar-refractivity contribution in [2.45, 2.75) is 18.3 Å². The highest BCUT2D eigenvalue weighted by Gasteiger charge is 2.45. The minimum absolute atomic E-state index is 0.227. The van der Waals surface area contributed by atoms with Gasteiger partial charge in [-0.1, -0.05) is 0 Å². The first-order chi connectivity index (χ1) is 8.26. The van der Waals surface area contributed by atoms with Gasteiger partial charge in [-0.2, -0.15) is 13.2 Å². The average molecular weight is 289 g/mol. The molecule has 0 aromatic heterocycles. The van der Waals surface area contributed by atoms with Crippen molar-refractivity contribution in [1.82, 2.24) is 9.62 Å². The lowest BCUT2D eigenvalue weighted by molar-refractivity contribution is -0.0448. The van der Waals surface area contributed by atoms with E-state index >= 15 is 0 Å². The monoisotopic (exact) mass is 289 g/mol. The van der Waals surface area contributed by atoms with Crippen molar-refractivity contribution in [1.29, 1.82) is 0 Å². The van der Waals surface area contributed by atoms with E-state index in [9.17, 15) is 21.6 Å². The van der Waals surface area contributed by atoms with Crippen LogP contribution in [0.5, 0.6) is 0 Å². The summed E-state index contributed by atoms with van der Waals surface area (Å²) in [7, 11) is -5.21. The van der Waals surface area contributed by atoms with Gasteiger partial charge in [0, 0.05) is 13.1 Å². The molecule has 108 valence electrons. The van der Waals surface area contributed by atoms with Crippen molar-refractivity contribution in [3.05, 3.63) is 0 Å². The normalized spacial score (nSPS) is 20.2. The Morgan fingerprint density at radius 3 is 2.28 bits per heavy atom. The van der Waals surface area contributed by atoms with Crippen LogP contribution in [0.25, 0.3) is 0 Å². The van der Waals surface area contributed by atoms with Crippen LogP contribution >= 0.6 is 0 Å². The number of piperidine rings is 1. The minimum Gasteiger partial charge on any atom is -0.330 e. The van der Waals surface area contributed by atoms with Gasteiger partial charge in [0.2, 0.25) is 0 Å². The molecule has 1 saturated heterocycles. The fourth-order valence-corrected chi connectivity index (χ4v) is 2.39. The van der Waals surface area contributed by atoms with Crippen molar-refractivity contribution >= 4 is 10.0 Å². The second kappa shape index (κ2) is 6.18. The molecule has 0 spiro atoms. The van der Waals surface area contributed by atoms with Crippen LogP contribution in [0.4, 0.5) is 13.2 Å². The number of rotatable bonds is 5. The highest BCUT2D eigenvalue weighted by atomic mass is 32.2. The molecule has 0 aromatic rings. The zero-order valence-electron chi connectivity index (χ0n) is 9.91. The molecule has 1 rings (SSSR count). The summed E-state index contributed by atoms with van der Waals surface area (Å²) in [6, 6.07) is 0. The molecule has 0 atom stereocenters. The fraction of sp³-hybridized carbons (Fsp3) is 1.00. The quantitative estimate of drug-likeness (QED) is 0.752. The average Bonchev–Trinajstić information content (AvgIpc) is 2.28. The van der Waals surface area contributed by atoms with Crippen molar-refractivity contribution < 1.29 is 21.6 Å². The number of nitrogens with one attached hydrogen (secondary N) is 1. The number of nitrogens with zero attached hydrogens (tertiary/aromatic N) is 1. The van der Waals surface area contributed by atoms with Crippen LogP contribution in [-0.2, 0) is 10.0 Å². The third-order valence-corrected chi connectivity index (χ3v) is 4.26. The molecule has 0 amide bonds. The van der Waals surface area contributed by atoms with E-state index in [1.807, 2.05) is 4.90 Å². The number of hydrogen-bond donors (Lipinski definition) is 2. The first-order valence-electron chi connectivity index (χ1n) is 5.74. The molecule has 3 N–H and O–H groups in total. The van der Waals surface area contributed by atoms with Gasteiger partial charge in [0.15, 0.2) is 0 Å². The van der Waals surface area contributed by atoms with E-state index in [2.05, 4.69) is 0 Å². The van der Waals surface area contributed by atoms with Crippen LogP contribution in [0, 0.1) is 5.92 Å². The molecule has 18 heavy (non-hydrogen) atoms. The van der Waals surface area contributed by atoms with Gasteiger partial charge in [-0.15, -0.1) is 0 Å². The zero-order chi connectivity index (χ0) is 13.8. The Morgan fingerprint density at radius 1 is 1.28 bits per heavy atom. The van der Waals surface area contributed by atoms with Crippen LogP contribution in [-0.4, -0.2) is 51.5 Å². The van der Waals surface area contributed by atoms with E-state index in [4.69, 9.17) is 5.73 Å². The van der Waals surface area contributed by atoms with Crippen LogP contribution < -0.4 is 10.5 Å². The predicted octanol–water partition coefficient (Wildman–Crippen LogP) is 0.0963. The summed E-state index contributed by atoms with van der Waals surface area (Å²) in [5.74, 6) is 0.466. The second-order valence-electron chi connectivity index (χ2n) is 4.36. The lowest BCUT2D eigenvalue weighted by atomic mass is 9.97. The smallest absolute Gasteiger partial charge is 0.330 e. The molecule has 0 saturated carbocycles. The summed E-state index contributed by atoms with van der Waals surface area (Å²) in [6.07, 6.45) is 1.81. The van der Waals surface area contributed by atoms with Crippen LogP contribution in [0.1, 0.15) is 12.8 Å². The van der Waals surface area contributed by atoms with Crippen LogP contribution in [0.3, 0.4) is 0 Å². The van der Waals surface area contributed by atoms with Crippen LogP contribution in [0.15, 0.2) is 0 Å². The topological polar surface area (TPSA) is 75.4 Å². The minimum atomic E-state index is -5.24. The Bertz CT molecular complexity index is 351. The Morgan fingerprint density at radius 2 is 1.83 bits per heavy atom. The van der Waals surface area contributed by atoms with Gasteiger partial charge in [0.1, 0.15) is 0 Å². The summed E-state index contributed by atoms with van der Waals surface area (Å²) in [4.78, 5) is 1.94. The summed E-state index contributed by atoms with van der Waals surface area (Å²) in [5, 5.41) is 0. The predicted molar refractivity (Wildman–Crippen MR) is 61.2 cm³/mol. The molecule has 0 unspecified atom stereocenters. The van der Waals surface area contributed by atoms with Gasteiger partial charge in [-0.25, -0.2) is 13.1 Å². The van der Waals surface area contributed by atoms with E-state index in [0.717, 1.165) is 25.9 Å². The molecule has 1 aliphatic rings. The molecule has 0 bridgehead atoms. The molecule has 0 radical (unpaired) electrons. The molecule has 1 aliphatic heterocycles. The van der Waals surface area contributed by atoms with Crippen molar-refractivity contribution in [3.8, 4) is 0 Å². The third kappa shape index (κ3) is 4.38. The largest absolute Gasteiger partial charge is 0.511 e. The van der Waals surface area contributed by atoms with Crippen molar-refractivity contribution in [3.63, 3.8) is 0 Å². The van der Waals surface area contributed by atoms with Gasteiger partial charge >= 0.3 is 15.5 Å². The lowest BCUT2D eigenvalue weighted by Crippen LogP contribution is -2.43. The Balaban J connectivity index is 2.27. The molecule has 5 nitrogen and oxygen atoms in total. The van der Waals surface area contributed by atoms with E-state index in [0.29, 0.717) is 12.5 Å². The number of nitrogens with two attached hydrogens (primary N) is 1. The highest BCUT2D eigenvalue weighted by molar-refractivity contribution is 7.90. The zero-order valence-corrected chi connectivity index (χ0v) is 10.7. The Kier molecular flexibility index (Phi) is 5.38. The van der Waals surface area contributed by atoms with Crippen molar-refractivity contribution in [2.75, 3.05) is 32.7 Å². The summed E-state index contributed by atoms with van der Waals surface area (Å²) in [5.41, 5.74) is 0.282. The van der Waals surface area contributed by atoms with Gasteiger partial charge in [-0.05, 0) is 38.4 Å². The van der Waals surface area contributed by atoms with Crippen LogP contribution in [0.2, 0.25) is 0 Å². The molecule has 1 heterocycles. The SMILES string of the molecule is NCC1CCN(CCNS(=O)(=O)C(F)(F)F)CC1. The van der Waals surface area contributed by atoms with Gasteiger partial charge in [0.25, 0.3) is 0 Å². The van der Waals surface area contributed by atoms with Gasteiger partial charge in [0.05, 0.1) is 0 Å². The molecule has 9 heteroatoms. The molecular formula is C9H18F3N3O2S. The standard InChI is InChI=1S/C9H18F3N3O2S/c10-9(11,12)18(16,17)14-3-6-15-4-1-8(7-13)2-5-15/h8,14H,1-7,13H2. The summed E-state index contributed by atoms with van der Waals surface area (Å²) >= 11 is 0. The molecule has 0 aliphatic carbocycles. The lowest BCUT2D eigenvalue weighted by Gasteiger charge is -2.31. The Labute approximate surface area is 105 Å². The molecular weight excluding hydrogens is 271 g/mol. The second-order valence-corrected chi connectivity index (χ2v) is 6.12. The highest BCUT2D eigenvalue weighted by Crippen LogP contribution is 2.21. The maximum atomic E-state index is 12.0. The number of hydrogen-bond acceptors (Lipinski definition) is 4. The van der Waals surface area contributed by atoms with Gasteiger partial charge < -0.3 is 10.6 Å². The number of alkyl halides is 3. The maximum Gasteiger partial charge on any atom is 0.511 e. The number of sulfonamides is 1. The summed E-state index contributed by atoms with van der Waals surface area (Å²) in [6.45, 7) is 2.17. The fourth-order valence-electron chi connectivity index (χ4n) is 1.87. The molecule has 1 fully saturated rings. The first-order valence-corrected chi connectivity index (χ1v) is 7.23. The summed E-state index contributed by atoms with van der Waals surface area (Å²) < 4.78 is 59.0. The van der Waals surface area contributed by atoms with E-state index in [1.54, 1.807) is 4.72 Å². The van der Waals surface area contributed by atoms with E-state index in [1.165, 1.54) is 0 Å². The van der Waals surface area contributed by atoms with Crippen molar-refractivity contribution in [2.24, 2.45) is 11.7 Å². The van der Waals surface area contributed by atoms with Gasteiger partial charge in [-0.3, -0.25) is 0 Å². The number of halogens is 3. The van der Waals surface area contributed by atoms with E-state index < -0.39 is 15.5 Å². The molecule has 0 aromatic carbocycles.